The Balaban J connectivity index is 2.14. The number of nitrogens with one attached hydrogen (secondary N) is 1. The fourth-order valence-corrected chi connectivity index (χ4v) is 2.23. The van der Waals surface area contributed by atoms with E-state index in [1.807, 2.05) is 6.92 Å². The molecule has 1 N–H and O–H groups in total. The number of rotatable bonds is 4. The maximum atomic E-state index is 12.0. The van der Waals surface area contributed by atoms with Crippen LogP contribution in [0.5, 0.6) is 0 Å². The number of nitrogens with zero attached hydrogens (tertiary/aromatic N) is 3. The monoisotopic (exact) mass is 282 g/mol. The Labute approximate surface area is 113 Å². The molecule has 94 valence electrons. The highest BCUT2D eigenvalue weighted by Gasteiger charge is 2.15. The molecule has 0 aliphatic heterocycles. The van der Waals surface area contributed by atoms with E-state index in [2.05, 4.69) is 19.9 Å². The number of anilines is 1. The predicted molar refractivity (Wildman–Crippen MR) is 71.1 cm³/mol. The quantitative estimate of drug-likeness (QED) is 0.876. The van der Waals surface area contributed by atoms with Crippen LogP contribution in [0.25, 0.3) is 0 Å². The molecule has 1 amide bonds. The van der Waals surface area contributed by atoms with Crippen molar-refractivity contribution in [3.8, 4) is 0 Å². The Morgan fingerprint density at radius 3 is 3.11 bits per heavy atom. The summed E-state index contributed by atoms with van der Waals surface area (Å²) in [5.74, 6) is -0.212. The van der Waals surface area contributed by atoms with Crippen molar-refractivity contribution in [2.45, 2.75) is 19.8 Å². The summed E-state index contributed by atoms with van der Waals surface area (Å²) >= 11 is 6.85. The van der Waals surface area contributed by atoms with Gasteiger partial charge in [-0.3, -0.25) is 4.79 Å². The van der Waals surface area contributed by atoms with Crippen molar-refractivity contribution in [2.24, 2.45) is 0 Å². The van der Waals surface area contributed by atoms with Crippen molar-refractivity contribution in [2.75, 3.05) is 5.32 Å². The van der Waals surface area contributed by atoms with Gasteiger partial charge in [0.1, 0.15) is 10.0 Å². The van der Waals surface area contributed by atoms with E-state index < -0.39 is 0 Å². The van der Waals surface area contributed by atoms with Crippen LogP contribution in [0.3, 0.4) is 0 Å². The summed E-state index contributed by atoms with van der Waals surface area (Å²) in [6, 6.07) is 3.27. The zero-order valence-corrected chi connectivity index (χ0v) is 11.3. The SMILES string of the molecule is CCCc1nnsc1C(=O)Nc1ccnc(Cl)c1. The highest BCUT2D eigenvalue weighted by Crippen LogP contribution is 2.17. The highest BCUT2D eigenvalue weighted by molar-refractivity contribution is 7.08. The molecule has 0 saturated carbocycles. The number of halogens is 1. The van der Waals surface area contributed by atoms with Gasteiger partial charge in [0.25, 0.3) is 5.91 Å². The maximum absolute atomic E-state index is 12.0. The fourth-order valence-electron chi connectivity index (χ4n) is 1.45. The van der Waals surface area contributed by atoms with Gasteiger partial charge in [-0.1, -0.05) is 29.4 Å². The summed E-state index contributed by atoms with van der Waals surface area (Å²) in [4.78, 5) is 16.4. The van der Waals surface area contributed by atoms with Crippen molar-refractivity contribution in [1.29, 1.82) is 0 Å². The third kappa shape index (κ3) is 3.02. The first-order valence-corrected chi connectivity index (χ1v) is 6.60. The topological polar surface area (TPSA) is 67.8 Å². The second-order valence-electron chi connectivity index (χ2n) is 3.62. The second-order valence-corrected chi connectivity index (χ2v) is 4.76. The van der Waals surface area contributed by atoms with Crippen molar-refractivity contribution < 1.29 is 4.79 Å². The molecule has 2 rings (SSSR count). The summed E-state index contributed by atoms with van der Waals surface area (Å²) in [5, 5.41) is 7.04. The van der Waals surface area contributed by atoms with E-state index in [0.29, 0.717) is 15.7 Å². The summed E-state index contributed by atoms with van der Waals surface area (Å²) < 4.78 is 3.81. The van der Waals surface area contributed by atoms with Crippen LogP contribution in [0, 0.1) is 0 Å². The predicted octanol–water partition coefficient (Wildman–Crippen LogP) is 2.79. The molecule has 2 heterocycles. The Kier molecular flexibility index (Phi) is 4.22. The van der Waals surface area contributed by atoms with Gasteiger partial charge in [-0.15, -0.1) is 5.10 Å². The molecule has 0 unspecified atom stereocenters. The van der Waals surface area contributed by atoms with Gasteiger partial charge in [0.15, 0.2) is 0 Å². The molecule has 0 fully saturated rings. The van der Waals surface area contributed by atoms with Crippen LogP contribution in [-0.4, -0.2) is 20.5 Å². The summed E-state index contributed by atoms with van der Waals surface area (Å²) in [6.45, 7) is 2.03. The molecule has 2 aromatic heterocycles. The van der Waals surface area contributed by atoms with Crippen molar-refractivity contribution in [3.63, 3.8) is 0 Å². The third-order valence-electron chi connectivity index (χ3n) is 2.23. The van der Waals surface area contributed by atoms with Crippen LogP contribution in [0.4, 0.5) is 5.69 Å². The first-order valence-electron chi connectivity index (χ1n) is 5.45. The first kappa shape index (κ1) is 12.9. The standard InChI is InChI=1S/C11H11ClN4OS/c1-2-3-8-10(18-16-15-8)11(17)14-7-4-5-13-9(12)6-7/h4-6H,2-3H2,1H3,(H,13,14,17). The van der Waals surface area contributed by atoms with Gasteiger partial charge >= 0.3 is 0 Å². The lowest BCUT2D eigenvalue weighted by atomic mass is 10.2. The number of amides is 1. The molecular formula is C11H11ClN4OS. The molecule has 0 aliphatic carbocycles. The number of pyridine rings is 1. The molecule has 2 aromatic rings. The number of carbonyl (C=O) groups is 1. The van der Waals surface area contributed by atoms with Crippen LogP contribution in [0.15, 0.2) is 18.3 Å². The molecule has 7 heteroatoms. The van der Waals surface area contributed by atoms with Crippen molar-refractivity contribution in [3.05, 3.63) is 34.1 Å². The van der Waals surface area contributed by atoms with Gasteiger partial charge in [0.05, 0.1) is 5.69 Å². The van der Waals surface area contributed by atoms with Crippen molar-refractivity contribution in [1.82, 2.24) is 14.6 Å². The normalized spacial score (nSPS) is 10.3. The second kappa shape index (κ2) is 5.88. The van der Waals surface area contributed by atoms with E-state index in [4.69, 9.17) is 11.6 Å². The minimum atomic E-state index is -0.212. The van der Waals surface area contributed by atoms with Gasteiger partial charge in [0, 0.05) is 11.9 Å². The average molecular weight is 283 g/mol. The lowest BCUT2D eigenvalue weighted by molar-refractivity contribution is 0.102. The largest absolute Gasteiger partial charge is 0.321 e. The third-order valence-corrected chi connectivity index (χ3v) is 3.21. The molecular weight excluding hydrogens is 272 g/mol. The van der Waals surface area contributed by atoms with E-state index in [1.54, 1.807) is 12.1 Å². The Bertz CT molecular complexity index is 557. The molecule has 18 heavy (non-hydrogen) atoms. The molecule has 0 radical (unpaired) electrons. The van der Waals surface area contributed by atoms with Crippen LogP contribution in [0.1, 0.15) is 28.7 Å². The first-order chi connectivity index (χ1) is 8.70. The van der Waals surface area contributed by atoms with E-state index in [0.717, 1.165) is 30.1 Å². The molecule has 0 spiro atoms. The number of hydrogen-bond acceptors (Lipinski definition) is 5. The average Bonchev–Trinajstić information content (AvgIpc) is 2.78. The van der Waals surface area contributed by atoms with Crippen LogP contribution in [0.2, 0.25) is 5.15 Å². The Morgan fingerprint density at radius 1 is 1.56 bits per heavy atom. The van der Waals surface area contributed by atoms with Gasteiger partial charge in [-0.2, -0.15) is 0 Å². The summed E-state index contributed by atoms with van der Waals surface area (Å²) in [6.07, 6.45) is 3.21. The number of aromatic nitrogens is 3. The maximum Gasteiger partial charge on any atom is 0.269 e. The van der Waals surface area contributed by atoms with E-state index >= 15 is 0 Å². The van der Waals surface area contributed by atoms with Gasteiger partial charge in [-0.25, -0.2) is 4.98 Å². The van der Waals surface area contributed by atoms with E-state index in [9.17, 15) is 4.79 Å². The molecule has 0 bridgehead atoms. The van der Waals surface area contributed by atoms with Crippen molar-refractivity contribution >= 4 is 34.7 Å². The molecule has 0 atom stereocenters. The molecule has 0 saturated heterocycles. The molecule has 0 aliphatic rings. The number of carbonyl (C=O) groups excluding carboxylic acids is 1. The Hall–Kier alpha value is -1.53. The highest BCUT2D eigenvalue weighted by atomic mass is 35.5. The van der Waals surface area contributed by atoms with Crippen LogP contribution in [-0.2, 0) is 6.42 Å². The summed E-state index contributed by atoms with van der Waals surface area (Å²) in [7, 11) is 0. The minimum absolute atomic E-state index is 0.212. The number of hydrogen-bond donors (Lipinski definition) is 1. The fraction of sp³-hybridized carbons (Fsp3) is 0.273. The summed E-state index contributed by atoms with van der Waals surface area (Å²) in [5.41, 5.74) is 1.34. The van der Waals surface area contributed by atoms with Crippen LogP contribution >= 0.6 is 23.1 Å². The zero-order chi connectivity index (χ0) is 13.0. The van der Waals surface area contributed by atoms with Gasteiger partial charge < -0.3 is 5.32 Å². The van der Waals surface area contributed by atoms with Crippen LogP contribution < -0.4 is 5.32 Å². The van der Waals surface area contributed by atoms with Gasteiger partial charge in [-0.05, 0) is 30.1 Å². The lowest BCUT2D eigenvalue weighted by Crippen LogP contribution is -2.12. The number of aryl methyl sites for hydroxylation is 1. The van der Waals surface area contributed by atoms with Gasteiger partial charge in [0.2, 0.25) is 0 Å². The lowest BCUT2D eigenvalue weighted by Gasteiger charge is -2.04. The molecule has 0 aromatic carbocycles. The van der Waals surface area contributed by atoms with E-state index in [1.165, 1.54) is 6.20 Å². The van der Waals surface area contributed by atoms with E-state index in [-0.39, 0.29) is 5.91 Å². The Morgan fingerprint density at radius 2 is 2.39 bits per heavy atom. The smallest absolute Gasteiger partial charge is 0.269 e. The zero-order valence-electron chi connectivity index (χ0n) is 9.68. The minimum Gasteiger partial charge on any atom is -0.321 e. The molecule has 5 nitrogen and oxygen atoms in total.